The Labute approximate surface area is 162 Å². The van der Waals surface area contributed by atoms with Crippen LogP contribution in [0.5, 0.6) is 0 Å². The van der Waals surface area contributed by atoms with Gasteiger partial charge in [-0.2, -0.15) is 0 Å². The summed E-state index contributed by atoms with van der Waals surface area (Å²) in [6.07, 6.45) is 6.20. The van der Waals surface area contributed by atoms with E-state index in [-0.39, 0.29) is 23.8 Å². The summed E-state index contributed by atoms with van der Waals surface area (Å²) in [4.78, 5) is 27.1. The van der Waals surface area contributed by atoms with Crippen molar-refractivity contribution < 1.29 is 9.59 Å². The lowest BCUT2D eigenvalue weighted by atomic mass is 9.84. The summed E-state index contributed by atoms with van der Waals surface area (Å²) in [5.41, 5.74) is 1.75. The first-order chi connectivity index (χ1) is 13.1. The van der Waals surface area contributed by atoms with Crippen LogP contribution in [0.25, 0.3) is 0 Å². The van der Waals surface area contributed by atoms with Gasteiger partial charge in [-0.25, -0.2) is 0 Å². The summed E-state index contributed by atoms with van der Waals surface area (Å²) in [5.74, 6) is 0.977. The Morgan fingerprint density at radius 3 is 2.48 bits per heavy atom. The van der Waals surface area contributed by atoms with Crippen LogP contribution in [-0.2, 0) is 4.79 Å². The van der Waals surface area contributed by atoms with E-state index in [9.17, 15) is 9.59 Å². The van der Waals surface area contributed by atoms with E-state index in [1.165, 1.54) is 6.42 Å². The first kappa shape index (κ1) is 19.7. The van der Waals surface area contributed by atoms with Crippen molar-refractivity contribution in [3.8, 4) is 0 Å². The van der Waals surface area contributed by atoms with Gasteiger partial charge in [0, 0.05) is 37.3 Å². The van der Waals surface area contributed by atoms with Gasteiger partial charge < -0.3 is 15.5 Å². The number of carbonyl (C=O) groups excluding carboxylic acids is 2. The summed E-state index contributed by atoms with van der Waals surface area (Å²) in [6, 6.07) is 8.12. The standard InChI is InChI=1S/C22H33N3O2/c1-3-16(2)15-23-22(27)19-9-4-5-10-20(19)25-13-11-18(12-14-25)24-21(26)17-7-6-8-17/h4-5,9-10,16-18H,3,6-8,11-15H2,1-2H3,(H,23,27)(H,24,26). The number of anilines is 1. The van der Waals surface area contributed by atoms with Crippen LogP contribution in [0, 0.1) is 11.8 Å². The molecule has 3 rings (SSSR count). The van der Waals surface area contributed by atoms with E-state index in [2.05, 4.69) is 29.4 Å². The zero-order chi connectivity index (χ0) is 19.2. The fraction of sp³-hybridized carbons (Fsp3) is 0.636. The van der Waals surface area contributed by atoms with Gasteiger partial charge in [-0.15, -0.1) is 0 Å². The van der Waals surface area contributed by atoms with Crippen molar-refractivity contribution >= 4 is 17.5 Å². The van der Waals surface area contributed by atoms with E-state index in [0.717, 1.165) is 56.4 Å². The Kier molecular flexibility index (Phi) is 6.75. The SMILES string of the molecule is CCC(C)CNC(=O)c1ccccc1N1CCC(NC(=O)C2CCC2)CC1. The maximum absolute atomic E-state index is 12.7. The Hall–Kier alpha value is -2.04. The molecule has 1 aliphatic heterocycles. The quantitative estimate of drug-likeness (QED) is 0.773. The summed E-state index contributed by atoms with van der Waals surface area (Å²) in [7, 11) is 0. The largest absolute Gasteiger partial charge is 0.371 e. The molecule has 2 N–H and O–H groups in total. The highest BCUT2D eigenvalue weighted by molar-refractivity contribution is 5.99. The second-order valence-electron chi connectivity index (χ2n) is 8.14. The molecule has 1 atom stereocenters. The van der Waals surface area contributed by atoms with Crippen molar-refractivity contribution in [1.29, 1.82) is 0 Å². The average Bonchev–Trinajstić information content (AvgIpc) is 2.65. The number of amides is 2. The van der Waals surface area contributed by atoms with Gasteiger partial charge in [0.05, 0.1) is 5.56 Å². The van der Waals surface area contributed by atoms with Gasteiger partial charge in [-0.3, -0.25) is 9.59 Å². The molecular formula is C22H33N3O2. The van der Waals surface area contributed by atoms with Crippen LogP contribution >= 0.6 is 0 Å². The Bertz CT molecular complexity index is 649. The van der Waals surface area contributed by atoms with Crippen LogP contribution in [0.1, 0.15) is 62.7 Å². The number of benzene rings is 1. The average molecular weight is 372 g/mol. The Morgan fingerprint density at radius 2 is 1.85 bits per heavy atom. The fourth-order valence-corrected chi connectivity index (χ4v) is 3.70. The number of hydrogen-bond acceptors (Lipinski definition) is 3. The van der Waals surface area contributed by atoms with E-state index in [1.54, 1.807) is 0 Å². The van der Waals surface area contributed by atoms with Gasteiger partial charge >= 0.3 is 0 Å². The highest BCUT2D eigenvalue weighted by Gasteiger charge is 2.29. The first-order valence-corrected chi connectivity index (χ1v) is 10.5. The van der Waals surface area contributed by atoms with Crippen LogP contribution in [0.4, 0.5) is 5.69 Å². The molecular weight excluding hydrogens is 338 g/mol. The summed E-state index contributed by atoms with van der Waals surface area (Å²) in [5, 5.41) is 6.29. The summed E-state index contributed by atoms with van der Waals surface area (Å²) in [6.45, 7) is 6.73. The Balaban J connectivity index is 1.56. The van der Waals surface area contributed by atoms with Gasteiger partial charge in [0.15, 0.2) is 0 Å². The molecule has 1 saturated carbocycles. The molecule has 1 aromatic carbocycles. The van der Waals surface area contributed by atoms with Crippen molar-refractivity contribution in [2.75, 3.05) is 24.5 Å². The smallest absolute Gasteiger partial charge is 0.253 e. The third kappa shape index (κ3) is 5.02. The number of piperidine rings is 1. The second-order valence-corrected chi connectivity index (χ2v) is 8.14. The third-order valence-corrected chi connectivity index (χ3v) is 6.11. The lowest BCUT2D eigenvalue weighted by Crippen LogP contribution is -2.47. The van der Waals surface area contributed by atoms with Crippen LogP contribution in [0.3, 0.4) is 0 Å². The van der Waals surface area contributed by atoms with Crippen LogP contribution < -0.4 is 15.5 Å². The van der Waals surface area contributed by atoms with Crippen molar-refractivity contribution in [1.82, 2.24) is 10.6 Å². The number of para-hydroxylation sites is 1. The minimum Gasteiger partial charge on any atom is -0.371 e. The predicted octanol–water partition coefficient (Wildman–Crippen LogP) is 3.35. The number of nitrogens with one attached hydrogen (secondary N) is 2. The van der Waals surface area contributed by atoms with E-state index >= 15 is 0 Å². The number of hydrogen-bond donors (Lipinski definition) is 2. The lowest BCUT2D eigenvalue weighted by Gasteiger charge is -2.36. The fourth-order valence-electron chi connectivity index (χ4n) is 3.70. The Morgan fingerprint density at radius 1 is 1.15 bits per heavy atom. The van der Waals surface area contributed by atoms with Crippen molar-refractivity contribution in [2.24, 2.45) is 11.8 Å². The normalized spacial score (nSPS) is 19.3. The van der Waals surface area contributed by atoms with Gasteiger partial charge in [0.2, 0.25) is 5.91 Å². The molecule has 5 heteroatoms. The number of rotatable bonds is 7. The molecule has 27 heavy (non-hydrogen) atoms. The van der Waals surface area contributed by atoms with Crippen molar-refractivity contribution in [2.45, 2.75) is 58.4 Å². The van der Waals surface area contributed by atoms with E-state index < -0.39 is 0 Å². The van der Waals surface area contributed by atoms with Crippen molar-refractivity contribution in [3.05, 3.63) is 29.8 Å². The zero-order valence-corrected chi connectivity index (χ0v) is 16.7. The topological polar surface area (TPSA) is 61.4 Å². The summed E-state index contributed by atoms with van der Waals surface area (Å²) < 4.78 is 0. The molecule has 1 aromatic rings. The van der Waals surface area contributed by atoms with Gasteiger partial charge in [-0.05, 0) is 43.7 Å². The predicted molar refractivity (Wildman–Crippen MR) is 109 cm³/mol. The highest BCUT2D eigenvalue weighted by atomic mass is 16.2. The van der Waals surface area contributed by atoms with Crippen LogP contribution in [0.15, 0.2) is 24.3 Å². The van der Waals surface area contributed by atoms with Gasteiger partial charge in [0.1, 0.15) is 0 Å². The molecule has 1 aliphatic carbocycles. The zero-order valence-electron chi connectivity index (χ0n) is 16.7. The minimum atomic E-state index is 0.00584. The molecule has 1 saturated heterocycles. The molecule has 0 aromatic heterocycles. The van der Waals surface area contributed by atoms with Gasteiger partial charge in [-0.1, -0.05) is 38.8 Å². The van der Waals surface area contributed by atoms with Crippen LogP contribution in [0.2, 0.25) is 0 Å². The molecule has 2 amide bonds. The van der Waals surface area contributed by atoms with Crippen molar-refractivity contribution in [3.63, 3.8) is 0 Å². The van der Waals surface area contributed by atoms with E-state index in [0.29, 0.717) is 12.5 Å². The molecule has 5 nitrogen and oxygen atoms in total. The minimum absolute atomic E-state index is 0.00584. The molecule has 0 bridgehead atoms. The van der Waals surface area contributed by atoms with E-state index in [4.69, 9.17) is 0 Å². The third-order valence-electron chi connectivity index (χ3n) is 6.11. The lowest BCUT2D eigenvalue weighted by molar-refractivity contribution is -0.128. The molecule has 1 unspecified atom stereocenters. The molecule has 148 valence electrons. The highest BCUT2D eigenvalue weighted by Crippen LogP contribution is 2.28. The molecule has 0 spiro atoms. The summed E-state index contributed by atoms with van der Waals surface area (Å²) >= 11 is 0. The first-order valence-electron chi connectivity index (χ1n) is 10.5. The molecule has 2 aliphatic rings. The van der Waals surface area contributed by atoms with Gasteiger partial charge in [0.25, 0.3) is 5.91 Å². The number of nitrogens with zero attached hydrogens (tertiary/aromatic N) is 1. The molecule has 2 fully saturated rings. The second kappa shape index (κ2) is 9.25. The van der Waals surface area contributed by atoms with Crippen LogP contribution in [-0.4, -0.2) is 37.5 Å². The monoisotopic (exact) mass is 371 g/mol. The maximum Gasteiger partial charge on any atom is 0.253 e. The molecule has 1 heterocycles. The molecule has 0 radical (unpaired) electrons. The van der Waals surface area contributed by atoms with E-state index in [1.807, 2.05) is 24.3 Å². The number of carbonyl (C=O) groups is 2. The maximum atomic E-state index is 12.7.